The number of amides is 1. The van der Waals surface area contributed by atoms with Gasteiger partial charge in [0.25, 0.3) is 0 Å². The molecular weight excluding hydrogens is 378 g/mol. The van der Waals surface area contributed by atoms with Crippen LogP contribution in [-0.2, 0) is 9.53 Å². The number of aliphatic carboxylic acids is 1. The van der Waals surface area contributed by atoms with Gasteiger partial charge in [-0.1, -0.05) is 87.1 Å². The zero-order valence-electron chi connectivity index (χ0n) is 17.2. The topological polar surface area (TPSA) is 75.6 Å². The molecule has 1 fully saturated rings. The maximum absolute atomic E-state index is 12.4. The molecule has 0 saturated heterocycles. The van der Waals surface area contributed by atoms with Crippen molar-refractivity contribution in [1.82, 2.24) is 5.32 Å². The second-order valence-corrected chi connectivity index (χ2v) is 8.44. The average molecular weight is 408 g/mol. The Morgan fingerprint density at radius 3 is 2.20 bits per heavy atom. The van der Waals surface area contributed by atoms with Crippen LogP contribution in [0.15, 0.2) is 48.5 Å². The second-order valence-electron chi connectivity index (χ2n) is 8.44. The summed E-state index contributed by atoms with van der Waals surface area (Å²) < 4.78 is 5.49. The first-order valence-electron chi connectivity index (χ1n) is 11.0. The largest absolute Gasteiger partial charge is 0.480 e. The third-order valence-electron chi connectivity index (χ3n) is 6.51. The van der Waals surface area contributed by atoms with Crippen molar-refractivity contribution < 1.29 is 19.4 Å². The molecule has 158 valence electrons. The van der Waals surface area contributed by atoms with Crippen molar-refractivity contribution in [3.8, 4) is 11.1 Å². The van der Waals surface area contributed by atoms with Gasteiger partial charge in [0.2, 0.25) is 0 Å². The number of hydrogen-bond acceptors (Lipinski definition) is 3. The van der Waals surface area contributed by atoms with E-state index in [9.17, 15) is 14.7 Å². The van der Waals surface area contributed by atoms with Crippen LogP contribution in [0, 0.1) is 5.92 Å². The lowest BCUT2D eigenvalue weighted by atomic mass is 9.98. The Bertz CT molecular complexity index is 858. The number of carboxylic acids is 1. The number of rotatable bonds is 8. The Morgan fingerprint density at radius 1 is 1.00 bits per heavy atom. The molecule has 2 aromatic carbocycles. The third-order valence-corrected chi connectivity index (χ3v) is 6.51. The van der Waals surface area contributed by atoms with Crippen molar-refractivity contribution >= 4 is 12.1 Å². The van der Waals surface area contributed by atoms with Gasteiger partial charge >= 0.3 is 12.1 Å². The molecule has 30 heavy (non-hydrogen) atoms. The zero-order valence-corrected chi connectivity index (χ0v) is 17.2. The fraction of sp³-hybridized carbons (Fsp3) is 0.440. The Kier molecular flexibility index (Phi) is 6.36. The van der Waals surface area contributed by atoms with Crippen molar-refractivity contribution in [2.24, 2.45) is 5.92 Å². The summed E-state index contributed by atoms with van der Waals surface area (Å²) >= 11 is 0. The van der Waals surface area contributed by atoms with Gasteiger partial charge in [0.1, 0.15) is 12.6 Å². The number of alkyl carbamates (subject to hydrolysis) is 1. The predicted octanol–water partition coefficient (Wildman–Crippen LogP) is 5.34. The van der Waals surface area contributed by atoms with Crippen molar-refractivity contribution in [1.29, 1.82) is 0 Å². The van der Waals surface area contributed by atoms with Crippen LogP contribution in [0.4, 0.5) is 4.79 Å². The first-order chi connectivity index (χ1) is 14.6. The minimum Gasteiger partial charge on any atom is -0.480 e. The van der Waals surface area contributed by atoms with E-state index in [2.05, 4.69) is 29.6 Å². The SMILES string of the molecule is O=C(N[C@@H](CCCC1CCCC1)C(=O)O)OCC1c2ccccc2-c2ccccc21. The molecule has 0 aliphatic heterocycles. The molecule has 4 rings (SSSR count). The van der Waals surface area contributed by atoms with E-state index in [4.69, 9.17) is 4.74 Å². The molecule has 1 saturated carbocycles. The fourth-order valence-electron chi connectivity index (χ4n) is 4.95. The van der Waals surface area contributed by atoms with Crippen LogP contribution >= 0.6 is 0 Å². The first kappa shape index (κ1) is 20.5. The number of nitrogens with one attached hydrogen (secondary N) is 1. The minimum absolute atomic E-state index is 0.0335. The van der Waals surface area contributed by atoms with E-state index < -0.39 is 18.1 Å². The number of hydrogen-bond donors (Lipinski definition) is 2. The molecule has 5 heteroatoms. The molecule has 0 heterocycles. The fourth-order valence-corrected chi connectivity index (χ4v) is 4.95. The Hall–Kier alpha value is -2.82. The number of fused-ring (bicyclic) bond motifs is 3. The molecule has 0 aromatic heterocycles. The summed E-state index contributed by atoms with van der Waals surface area (Å²) in [6, 6.07) is 15.4. The van der Waals surface area contributed by atoms with Crippen LogP contribution in [0.1, 0.15) is 62.0 Å². The number of benzene rings is 2. The standard InChI is InChI=1S/C25H29NO4/c27-24(28)23(15-7-10-17-8-1-2-9-17)26-25(29)30-16-22-20-13-5-3-11-18(20)19-12-4-6-14-21(19)22/h3-6,11-14,17,22-23H,1-2,7-10,15-16H2,(H,26,29)(H,27,28)/t23-/m0/s1. The molecular formula is C25H29NO4. The molecule has 5 nitrogen and oxygen atoms in total. The summed E-state index contributed by atoms with van der Waals surface area (Å²) in [5, 5.41) is 12.0. The third kappa shape index (κ3) is 4.50. The van der Waals surface area contributed by atoms with E-state index in [1.807, 2.05) is 24.3 Å². The summed E-state index contributed by atoms with van der Waals surface area (Å²) in [7, 11) is 0. The van der Waals surface area contributed by atoms with Gasteiger partial charge in [-0.15, -0.1) is 0 Å². The lowest BCUT2D eigenvalue weighted by Gasteiger charge is -2.18. The number of carbonyl (C=O) groups is 2. The molecule has 2 aliphatic carbocycles. The van der Waals surface area contributed by atoms with Crippen LogP contribution < -0.4 is 5.32 Å². The molecule has 0 radical (unpaired) electrons. The smallest absolute Gasteiger partial charge is 0.407 e. The Labute approximate surface area is 177 Å². The highest BCUT2D eigenvalue weighted by Gasteiger charge is 2.29. The maximum Gasteiger partial charge on any atom is 0.407 e. The van der Waals surface area contributed by atoms with Gasteiger partial charge in [0, 0.05) is 5.92 Å². The monoisotopic (exact) mass is 407 g/mol. The van der Waals surface area contributed by atoms with Crippen molar-refractivity contribution in [2.75, 3.05) is 6.61 Å². The minimum atomic E-state index is -1.00. The molecule has 0 spiro atoms. The lowest BCUT2D eigenvalue weighted by Crippen LogP contribution is -2.41. The van der Waals surface area contributed by atoms with Gasteiger partial charge < -0.3 is 15.2 Å². The van der Waals surface area contributed by atoms with E-state index >= 15 is 0 Å². The highest BCUT2D eigenvalue weighted by Crippen LogP contribution is 2.44. The van der Waals surface area contributed by atoms with Gasteiger partial charge in [0.05, 0.1) is 0 Å². The van der Waals surface area contributed by atoms with Gasteiger partial charge in [-0.3, -0.25) is 0 Å². The van der Waals surface area contributed by atoms with E-state index in [-0.39, 0.29) is 12.5 Å². The highest BCUT2D eigenvalue weighted by atomic mass is 16.5. The van der Waals surface area contributed by atoms with Crippen molar-refractivity contribution in [3.63, 3.8) is 0 Å². The van der Waals surface area contributed by atoms with Gasteiger partial charge in [0.15, 0.2) is 0 Å². The van der Waals surface area contributed by atoms with Crippen LogP contribution in [0.5, 0.6) is 0 Å². The highest BCUT2D eigenvalue weighted by molar-refractivity contribution is 5.81. The van der Waals surface area contributed by atoms with Gasteiger partial charge in [-0.25, -0.2) is 9.59 Å². The molecule has 2 aromatic rings. The predicted molar refractivity (Wildman–Crippen MR) is 115 cm³/mol. The Balaban J connectivity index is 1.33. The Morgan fingerprint density at radius 2 is 1.60 bits per heavy atom. The summed E-state index contributed by atoms with van der Waals surface area (Å²) in [6.07, 6.45) is 6.69. The van der Waals surface area contributed by atoms with Crippen LogP contribution in [0.3, 0.4) is 0 Å². The van der Waals surface area contributed by atoms with Crippen LogP contribution in [0.25, 0.3) is 11.1 Å². The van der Waals surface area contributed by atoms with Crippen molar-refractivity contribution in [2.45, 2.75) is 56.9 Å². The van der Waals surface area contributed by atoms with Crippen molar-refractivity contribution in [3.05, 3.63) is 59.7 Å². The summed E-state index contributed by atoms with van der Waals surface area (Å²) in [5.74, 6) is -0.322. The van der Waals surface area contributed by atoms with Crippen LogP contribution in [-0.4, -0.2) is 29.8 Å². The summed E-state index contributed by atoms with van der Waals surface area (Å²) in [6.45, 7) is 0.189. The van der Waals surface area contributed by atoms with Crippen LogP contribution in [0.2, 0.25) is 0 Å². The summed E-state index contributed by atoms with van der Waals surface area (Å²) in [5.41, 5.74) is 4.60. The van der Waals surface area contributed by atoms with E-state index in [1.165, 1.54) is 25.7 Å². The molecule has 0 bridgehead atoms. The zero-order chi connectivity index (χ0) is 20.9. The number of carbonyl (C=O) groups excluding carboxylic acids is 1. The molecule has 1 amide bonds. The summed E-state index contributed by atoms with van der Waals surface area (Å²) in [4.78, 5) is 23.9. The second kappa shape index (κ2) is 9.33. The lowest BCUT2D eigenvalue weighted by molar-refractivity contribution is -0.139. The molecule has 0 unspecified atom stereocenters. The van der Waals surface area contributed by atoms with Gasteiger partial charge in [-0.05, 0) is 34.6 Å². The molecule has 2 N–H and O–H groups in total. The van der Waals surface area contributed by atoms with E-state index in [0.717, 1.165) is 35.1 Å². The van der Waals surface area contributed by atoms with E-state index in [1.54, 1.807) is 0 Å². The molecule has 1 atom stereocenters. The van der Waals surface area contributed by atoms with Gasteiger partial charge in [-0.2, -0.15) is 0 Å². The quantitative estimate of drug-likeness (QED) is 0.619. The number of ether oxygens (including phenoxy) is 1. The number of carboxylic acid groups (broad SMARTS) is 1. The maximum atomic E-state index is 12.4. The molecule has 2 aliphatic rings. The first-order valence-corrected chi connectivity index (χ1v) is 11.0. The average Bonchev–Trinajstić information content (AvgIpc) is 3.38. The normalized spacial score (nSPS) is 16.7. The van der Waals surface area contributed by atoms with E-state index in [0.29, 0.717) is 12.3 Å².